The van der Waals surface area contributed by atoms with Crippen molar-refractivity contribution in [2.75, 3.05) is 16.8 Å². The summed E-state index contributed by atoms with van der Waals surface area (Å²) in [6.45, 7) is 0. The molecule has 35 heavy (non-hydrogen) atoms. The number of Topliss-reactive ketones (excluding diaryl/α,β-unsaturated/α-hetero) is 1. The molecule has 2 heterocycles. The van der Waals surface area contributed by atoms with Crippen LogP contribution in [0.25, 0.3) is 10.9 Å². The lowest BCUT2D eigenvalue weighted by atomic mass is 10.1. The van der Waals surface area contributed by atoms with Crippen LogP contribution in [0.3, 0.4) is 0 Å². The zero-order chi connectivity index (χ0) is 24.4. The number of carbonyl (C=O) groups excluding carboxylic acids is 1. The maximum absolute atomic E-state index is 14.4. The van der Waals surface area contributed by atoms with E-state index in [1.54, 1.807) is 11.8 Å². The number of nitrogens with one attached hydrogen (secondary N) is 1. The van der Waals surface area contributed by atoms with Gasteiger partial charge >= 0.3 is 0 Å². The van der Waals surface area contributed by atoms with Gasteiger partial charge in [-0.3, -0.25) is 4.79 Å². The maximum Gasteiger partial charge on any atom is 0.175 e. The lowest BCUT2D eigenvalue weighted by Crippen LogP contribution is -2.06. The number of ketones is 1. The molecular formula is C23H18Cl2FN5OS3. The Bertz CT molecular complexity index is 1400. The Hall–Kier alpha value is -1.98. The highest BCUT2D eigenvalue weighted by molar-refractivity contribution is 8.03. The molecule has 180 valence electrons. The maximum atomic E-state index is 14.4. The van der Waals surface area contributed by atoms with Crippen LogP contribution in [0.15, 0.2) is 45.3 Å². The van der Waals surface area contributed by atoms with Gasteiger partial charge in [-0.05, 0) is 48.6 Å². The van der Waals surface area contributed by atoms with Crippen molar-refractivity contribution in [1.29, 1.82) is 0 Å². The van der Waals surface area contributed by atoms with E-state index in [-0.39, 0.29) is 27.9 Å². The highest BCUT2D eigenvalue weighted by atomic mass is 35.5. The Kier molecular flexibility index (Phi) is 7.74. The molecule has 1 aliphatic carbocycles. The molecule has 0 aliphatic heterocycles. The first-order valence-electron chi connectivity index (χ1n) is 10.7. The molecule has 12 heteroatoms. The third-order valence-corrected chi connectivity index (χ3v) is 9.45. The molecule has 0 radical (unpaired) electrons. The number of fused-ring (bicyclic) bond motifs is 1. The van der Waals surface area contributed by atoms with Gasteiger partial charge in [0, 0.05) is 17.6 Å². The van der Waals surface area contributed by atoms with Crippen LogP contribution >= 0.6 is 58.1 Å². The summed E-state index contributed by atoms with van der Waals surface area (Å²) in [6.07, 6.45) is 4.26. The summed E-state index contributed by atoms with van der Waals surface area (Å²) < 4.78 is 16.1. The second-order valence-corrected chi connectivity index (χ2v) is 12.3. The molecule has 5 rings (SSSR count). The monoisotopic (exact) mass is 565 g/mol. The molecule has 1 aliphatic rings. The average molecular weight is 567 g/mol. The molecule has 4 aromatic rings. The highest BCUT2D eigenvalue weighted by Gasteiger charge is 2.22. The number of benzene rings is 2. The van der Waals surface area contributed by atoms with Crippen LogP contribution in [0.5, 0.6) is 0 Å². The van der Waals surface area contributed by atoms with Crippen LogP contribution in [0.1, 0.15) is 18.4 Å². The van der Waals surface area contributed by atoms with Gasteiger partial charge in [0.2, 0.25) is 0 Å². The molecule has 0 atom stereocenters. The molecule has 6 nitrogen and oxygen atoms in total. The van der Waals surface area contributed by atoms with Crippen LogP contribution in [-0.2, 0) is 11.2 Å². The SMILES string of the molecule is O=C(CSc1nnc(SCC2CC2)s1)Cc1ccc2ncnc(Nc3cc(Cl)c(Cl)cc3F)c2c1. The zero-order valence-corrected chi connectivity index (χ0v) is 22.1. The van der Waals surface area contributed by atoms with E-state index < -0.39 is 5.82 Å². The zero-order valence-electron chi connectivity index (χ0n) is 18.1. The van der Waals surface area contributed by atoms with Crippen LogP contribution in [0, 0.1) is 11.7 Å². The quantitative estimate of drug-likeness (QED) is 0.161. The fraction of sp³-hybridized carbons (Fsp3) is 0.261. The Morgan fingerprint density at radius 2 is 1.86 bits per heavy atom. The van der Waals surface area contributed by atoms with Gasteiger partial charge in [-0.2, -0.15) is 0 Å². The lowest BCUT2D eigenvalue weighted by Gasteiger charge is -2.11. The van der Waals surface area contributed by atoms with Crippen LogP contribution in [0.2, 0.25) is 10.0 Å². The Morgan fingerprint density at radius 1 is 1.09 bits per heavy atom. The minimum atomic E-state index is -0.555. The molecule has 1 fully saturated rings. The van der Waals surface area contributed by atoms with E-state index >= 15 is 0 Å². The molecule has 0 unspecified atom stereocenters. The number of rotatable bonds is 10. The number of halogens is 3. The van der Waals surface area contributed by atoms with Gasteiger partial charge in [0.1, 0.15) is 23.7 Å². The molecular weight excluding hydrogens is 548 g/mol. The second kappa shape index (κ2) is 11.0. The van der Waals surface area contributed by atoms with E-state index in [9.17, 15) is 9.18 Å². The van der Waals surface area contributed by atoms with Crippen LogP contribution < -0.4 is 5.32 Å². The van der Waals surface area contributed by atoms with Gasteiger partial charge in [-0.25, -0.2) is 14.4 Å². The fourth-order valence-corrected chi connectivity index (χ4v) is 6.67. The van der Waals surface area contributed by atoms with E-state index in [1.165, 1.54) is 48.3 Å². The van der Waals surface area contributed by atoms with Gasteiger partial charge in [-0.1, -0.05) is 64.1 Å². The molecule has 1 N–H and O–H groups in total. The van der Waals surface area contributed by atoms with Crippen molar-refractivity contribution < 1.29 is 9.18 Å². The molecule has 2 aromatic carbocycles. The summed E-state index contributed by atoms with van der Waals surface area (Å²) in [4.78, 5) is 21.2. The molecule has 0 spiro atoms. The largest absolute Gasteiger partial charge is 0.337 e. The van der Waals surface area contributed by atoms with Crippen LogP contribution in [0.4, 0.5) is 15.9 Å². The predicted molar refractivity (Wildman–Crippen MR) is 142 cm³/mol. The topological polar surface area (TPSA) is 80.7 Å². The van der Waals surface area contributed by atoms with Crippen LogP contribution in [-0.4, -0.2) is 37.5 Å². The summed E-state index contributed by atoms with van der Waals surface area (Å²) in [5, 5.41) is 12.4. The van der Waals surface area contributed by atoms with E-state index in [1.807, 2.05) is 18.2 Å². The van der Waals surface area contributed by atoms with Gasteiger partial charge in [0.05, 0.1) is 27.0 Å². The molecule has 0 amide bonds. The number of hydrogen-bond acceptors (Lipinski definition) is 9. The summed E-state index contributed by atoms with van der Waals surface area (Å²) >= 11 is 16.6. The van der Waals surface area contributed by atoms with Crippen molar-refractivity contribution in [3.8, 4) is 0 Å². The first-order chi connectivity index (χ1) is 16.9. The number of thioether (sulfide) groups is 2. The summed E-state index contributed by atoms with van der Waals surface area (Å²) in [6, 6.07) is 8.06. The van der Waals surface area contributed by atoms with E-state index in [4.69, 9.17) is 23.2 Å². The van der Waals surface area contributed by atoms with E-state index in [0.717, 1.165) is 32.0 Å². The van der Waals surface area contributed by atoms with Crippen molar-refractivity contribution in [2.45, 2.75) is 27.9 Å². The summed E-state index contributed by atoms with van der Waals surface area (Å²) in [5.74, 6) is 2.15. The molecule has 1 saturated carbocycles. The molecule has 0 saturated heterocycles. The number of aromatic nitrogens is 4. The standard InChI is InChI=1S/C23H18Cl2FN5OS3/c24-16-7-18(26)20(8-17(16)25)29-21-15-6-13(3-4-19(15)27-11-28-21)5-14(32)10-34-23-31-30-22(35-23)33-9-12-1-2-12/h3-4,6-8,11-12H,1-2,5,9-10H2,(H,27,28,29). The van der Waals surface area contributed by atoms with Gasteiger partial charge < -0.3 is 5.32 Å². The number of nitrogens with zero attached hydrogens (tertiary/aromatic N) is 4. The van der Waals surface area contributed by atoms with Crippen molar-refractivity contribution in [2.24, 2.45) is 5.92 Å². The van der Waals surface area contributed by atoms with E-state index in [0.29, 0.717) is 22.5 Å². The number of anilines is 2. The highest BCUT2D eigenvalue weighted by Crippen LogP contribution is 2.37. The Labute approximate surface area is 223 Å². The Morgan fingerprint density at radius 3 is 2.66 bits per heavy atom. The van der Waals surface area contributed by atoms with Crippen molar-refractivity contribution in [1.82, 2.24) is 20.2 Å². The van der Waals surface area contributed by atoms with Gasteiger partial charge in [0.15, 0.2) is 8.68 Å². The summed E-state index contributed by atoms with van der Waals surface area (Å²) in [5.41, 5.74) is 1.62. The first-order valence-corrected chi connectivity index (χ1v) is 14.2. The minimum absolute atomic E-state index is 0.0682. The Balaban J connectivity index is 1.25. The van der Waals surface area contributed by atoms with E-state index in [2.05, 4.69) is 25.5 Å². The van der Waals surface area contributed by atoms with Crippen molar-refractivity contribution >= 4 is 86.3 Å². The summed E-state index contributed by atoms with van der Waals surface area (Å²) in [7, 11) is 0. The number of carbonyl (C=O) groups is 1. The molecule has 2 aromatic heterocycles. The predicted octanol–water partition coefficient (Wildman–Crippen LogP) is 7.08. The second-order valence-electron chi connectivity index (χ2n) is 8.04. The van der Waals surface area contributed by atoms with Gasteiger partial charge in [-0.15, -0.1) is 10.2 Å². The van der Waals surface area contributed by atoms with Crippen molar-refractivity contribution in [3.05, 3.63) is 58.1 Å². The molecule has 0 bridgehead atoms. The fourth-order valence-electron chi connectivity index (χ4n) is 3.27. The lowest BCUT2D eigenvalue weighted by molar-refractivity contribution is -0.116. The van der Waals surface area contributed by atoms with Gasteiger partial charge in [0.25, 0.3) is 0 Å². The van der Waals surface area contributed by atoms with Crippen molar-refractivity contribution in [3.63, 3.8) is 0 Å². The smallest absolute Gasteiger partial charge is 0.175 e. The normalized spacial score (nSPS) is 13.3. The third kappa shape index (κ3) is 6.42. The average Bonchev–Trinajstić information content (AvgIpc) is 3.56. The third-order valence-electron chi connectivity index (χ3n) is 5.25. The minimum Gasteiger partial charge on any atom is -0.337 e. The number of hydrogen-bond donors (Lipinski definition) is 1. The first kappa shape index (κ1) is 24.7.